The van der Waals surface area contributed by atoms with Gasteiger partial charge in [0.2, 0.25) is 0 Å². The van der Waals surface area contributed by atoms with Crippen LogP contribution in [0.25, 0.3) is 17.1 Å². The van der Waals surface area contributed by atoms with Crippen LogP contribution in [-0.4, -0.2) is 14.8 Å². The molecule has 3 rings (SSSR count). The number of rotatable bonds is 2. The second kappa shape index (κ2) is 5.55. The minimum Gasteiger partial charge on any atom is -0.242 e. The third kappa shape index (κ3) is 2.63. The van der Waals surface area contributed by atoms with Crippen LogP contribution < -0.4 is 0 Å². The van der Waals surface area contributed by atoms with Gasteiger partial charge in [-0.15, -0.1) is 5.10 Å². The van der Waals surface area contributed by atoms with E-state index in [0.717, 1.165) is 16.8 Å². The van der Waals surface area contributed by atoms with Gasteiger partial charge in [-0.3, -0.25) is 0 Å². The maximum atomic E-state index is 14.0. The summed E-state index contributed by atoms with van der Waals surface area (Å²) in [7, 11) is 0. The number of benzene rings is 2. The molecule has 4 nitrogen and oxygen atoms in total. The molecule has 1 heterocycles. The maximum Gasteiger partial charge on any atom is 0.386 e. The number of hydrogen-bond acceptors (Lipinski definition) is 2. The average molecular weight is 341 g/mol. The Morgan fingerprint density at radius 2 is 1.59 bits per heavy atom. The Labute approximate surface area is 133 Å². The predicted molar refractivity (Wildman–Crippen MR) is 76.9 cm³/mol. The highest BCUT2D eigenvalue weighted by atomic mass is 35.5. The van der Waals surface area contributed by atoms with E-state index in [2.05, 4.69) is 10.1 Å². The van der Waals surface area contributed by atoms with Crippen molar-refractivity contribution in [1.82, 2.24) is 14.8 Å². The first-order valence-corrected chi connectivity index (χ1v) is 6.76. The van der Waals surface area contributed by atoms with Crippen molar-refractivity contribution in [3.8, 4) is 23.1 Å². The highest BCUT2D eigenvalue weighted by Gasteiger charge is 2.19. The minimum atomic E-state index is -0.862. The van der Waals surface area contributed by atoms with E-state index >= 15 is 0 Å². The predicted octanol–water partition coefficient (Wildman–Crippen LogP) is 4.66. The van der Waals surface area contributed by atoms with Gasteiger partial charge in [-0.2, -0.15) is 4.98 Å². The molecule has 0 aliphatic heterocycles. The molecule has 0 aliphatic carbocycles. The van der Waals surface area contributed by atoms with Crippen LogP contribution >= 0.6 is 23.2 Å². The highest BCUT2D eigenvalue weighted by molar-refractivity contribution is 6.30. The van der Waals surface area contributed by atoms with Crippen LogP contribution in [0.5, 0.6) is 6.01 Å². The summed E-state index contributed by atoms with van der Waals surface area (Å²) in [6.45, 7) is 0. The molecule has 0 saturated heterocycles. The quantitative estimate of drug-likeness (QED) is 0.680. The van der Waals surface area contributed by atoms with Crippen molar-refractivity contribution < 1.29 is 13.9 Å². The summed E-state index contributed by atoms with van der Waals surface area (Å²) in [6, 6.07) is 6.78. The SMILES string of the molecule is [O]c1nc(-c2ccc(Cl)cc2F)n(-c2ccc(Cl)cc2F)n1. The van der Waals surface area contributed by atoms with E-state index in [1.54, 1.807) is 0 Å². The molecule has 22 heavy (non-hydrogen) atoms. The van der Waals surface area contributed by atoms with E-state index in [1.807, 2.05) is 0 Å². The van der Waals surface area contributed by atoms with Crippen LogP contribution in [-0.2, 0) is 5.11 Å². The van der Waals surface area contributed by atoms with E-state index in [-0.39, 0.29) is 27.1 Å². The van der Waals surface area contributed by atoms with Gasteiger partial charge >= 0.3 is 6.01 Å². The highest BCUT2D eigenvalue weighted by Crippen LogP contribution is 2.29. The first-order valence-electron chi connectivity index (χ1n) is 6.00. The monoisotopic (exact) mass is 340 g/mol. The van der Waals surface area contributed by atoms with E-state index in [0.29, 0.717) is 0 Å². The van der Waals surface area contributed by atoms with Crippen LogP contribution in [0.2, 0.25) is 10.0 Å². The topological polar surface area (TPSA) is 50.6 Å². The van der Waals surface area contributed by atoms with Gasteiger partial charge in [0.05, 0.1) is 5.56 Å². The molecule has 0 bridgehead atoms. The third-order valence-electron chi connectivity index (χ3n) is 2.90. The maximum absolute atomic E-state index is 14.0. The summed E-state index contributed by atoms with van der Waals surface area (Å²) in [4.78, 5) is 3.62. The Kier molecular flexibility index (Phi) is 3.72. The summed E-state index contributed by atoms with van der Waals surface area (Å²) in [5, 5.41) is 15.4. The molecule has 0 amide bonds. The minimum absolute atomic E-state index is 0.0200. The fourth-order valence-electron chi connectivity index (χ4n) is 1.96. The number of hydrogen-bond donors (Lipinski definition) is 0. The van der Waals surface area contributed by atoms with Crippen LogP contribution in [0, 0.1) is 11.6 Å². The van der Waals surface area contributed by atoms with Crippen molar-refractivity contribution in [2.24, 2.45) is 0 Å². The molecule has 0 spiro atoms. The van der Waals surface area contributed by atoms with Crippen LogP contribution in [0.15, 0.2) is 36.4 Å². The molecule has 0 unspecified atom stereocenters. The normalized spacial score (nSPS) is 10.9. The van der Waals surface area contributed by atoms with Gasteiger partial charge in [0.1, 0.15) is 17.3 Å². The number of nitrogens with zero attached hydrogens (tertiary/aromatic N) is 3. The van der Waals surface area contributed by atoms with Gasteiger partial charge in [0.25, 0.3) is 0 Å². The van der Waals surface area contributed by atoms with Gasteiger partial charge in [0.15, 0.2) is 5.82 Å². The standard InChI is InChI=1S/C14H6Cl2F2N3O/c15-7-1-3-9(10(17)5-7)13-19-14(22)20-21(13)12-4-2-8(16)6-11(12)18/h1-6H. The lowest BCUT2D eigenvalue weighted by molar-refractivity contribution is 0.319. The lowest BCUT2D eigenvalue weighted by Gasteiger charge is -2.08. The van der Waals surface area contributed by atoms with Gasteiger partial charge in [-0.25, -0.2) is 18.6 Å². The van der Waals surface area contributed by atoms with E-state index < -0.39 is 17.6 Å². The van der Waals surface area contributed by atoms with Gasteiger partial charge in [-0.05, 0) is 36.4 Å². The Balaban J connectivity index is 2.22. The molecular formula is C14H6Cl2F2N3O. The fourth-order valence-corrected chi connectivity index (χ4v) is 2.28. The average Bonchev–Trinajstić information content (AvgIpc) is 2.80. The largest absolute Gasteiger partial charge is 0.386 e. The summed E-state index contributed by atoms with van der Waals surface area (Å²) < 4.78 is 29.0. The van der Waals surface area contributed by atoms with Crippen molar-refractivity contribution in [3.63, 3.8) is 0 Å². The fraction of sp³-hybridized carbons (Fsp3) is 0. The van der Waals surface area contributed by atoms with Crippen molar-refractivity contribution in [1.29, 1.82) is 0 Å². The second-order valence-corrected chi connectivity index (χ2v) is 5.22. The first kappa shape index (κ1) is 14.7. The lowest BCUT2D eigenvalue weighted by atomic mass is 10.2. The molecule has 0 saturated carbocycles. The molecule has 1 aromatic heterocycles. The van der Waals surface area contributed by atoms with Crippen molar-refractivity contribution in [2.45, 2.75) is 0 Å². The first-order chi connectivity index (χ1) is 10.5. The molecular weight excluding hydrogens is 335 g/mol. The van der Waals surface area contributed by atoms with Gasteiger partial charge in [0, 0.05) is 10.0 Å². The summed E-state index contributed by atoms with van der Waals surface area (Å²) >= 11 is 11.4. The molecule has 3 aromatic rings. The van der Waals surface area contributed by atoms with Crippen LogP contribution in [0.4, 0.5) is 8.78 Å². The van der Waals surface area contributed by atoms with Gasteiger partial charge < -0.3 is 0 Å². The Bertz CT molecular complexity index is 798. The smallest absolute Gasteiger partial charge is 0.242 e. The Morgan fingerprint density at radius 1 is 0.955 bits per heavy atom. The van der Waals surface area contributed by atoms with Crippen molar-refractivity contribution in [3.05, 3.63) is 58.1 Å². The molecule has 0 N–H and O–H groups in total. The number of halogens is 4. The van der Waals surface area contributed by atoms with E-state index in [9.17, 15) is 13.9 Å². The molecule has 2 aromatic carbocycles. The summed E-state index contributed by atoms with van der Waals surface area (Å²) in [5.74, 6) is -1.54. The summed E-state index contributed by atoms with van der Waals surface area (Å²) in [5.41, 5.74) is -0.0864. The van der Waals surface area contributed by atoms with E-state index in [4.69, 9.17) is 23.2 Å². The zero-order valence-electron chi connectivity index (χ0n) is 10.7. The Hall–Kier alpha value is -2.18. The van der Waals surface area contributed by atoms with Crippen LogP contribution in [0.3, 0.4) is 0 Å². The third-order valence-corrected chi connectivity index (χ3v) is 3.37. The molecule has 0 aliphatic rings. The zero-order chi connectivity index (χ0) is 15.9. The molecule has 111 valence electrons. The zero-order valence-corrected chi connectivity index (χ0v) is 12.2. The van der Waals surface area contributed by atoms with Crippen molar-refractivity contribution in [2.75, 3.05) is 0 Å². The number of aromatic nitrogens is 3. The molecule has 8 heteroatoms. The van der Waals surface area contributed by atoms with Crippen LogP contribution in [0.1, 0.15) is 0 Å². The summed E-state index contributed by atoms with van der Waals surface area (Å²) in [6.07, 6.45) is 0. The Morgan fingerprint density at radius 3 is 2.23 bits per heavy atom. The van der Waals surface area contributed by atoms with Gasteiger partial charge in [-0.1, -0.05) is 23.2 Å². The van der Waals surface area contributed by atoms with Crippen molar-refractivity contribution >= 4 is 23.2 Å². The molecule has 1 radical (unpaired) electrons. The molecule has 0 atom stereocenters. The second-order valence-electron chi connectivity index (χ2n) is 4.35. The van der Waals surface area contributed by atoms with E-state index in [1.165, 1.54) is 24.3 Å². The molecule has 0 fully saturated rings. The lowest BCUT2D eigenvalue weighted by Crippen LogP contribution is -2.03.